The molecule has 8 nitrogen and oxygen atoms in total. The second kappa shape index (κ2) is 14.2. The third-order valence-electron chi connectivity index (χ3n) is 7.44. The van der Waals surface area contributed by atoms with Crippen LogP contribution in [-0.2, 0) is 14.3 Å². The third-order valence-corrected chi connectivity index (χ3v) is 8.09. The number of carbonyl (C=O) groups is 3. The first-order valence-corrected chi connectivity index (χ1v) is 16.0. The van der Waals surface area contributed by atoms with Gasteiger partial charge in [-0.25, -0.2) is 4.79 Å². The fourth-order valence-electron chi connectivity index (χ4n) is 4.83. The Labute approximate surface area is 259 Å². The SMILES string of the molecule is CCC(C)(C)N(C(=O)C(CCSC)NC(=O)OC(C)(C)C)C(C(=O)Nc1ccc2ccccc2c1)c1cccc(C)c1O. The minimum atomic E-state index is -1.20. The molecule has 3 aromatic carbocycles. The van der Waals surface area contributed by atoms with Crippen LogP contribution < -0.4 is 10.6 Å². The van der Waals surface area contributed by atoms with Crippen molar-refractivity contribution in [3.8, 4) is 5.75 Å². The van der Waals surface area contributed by atoms with Crippen molar-refractivity contribution >= 4 is 46.1 Å². The number of thioether (sulfide) groups is 1. The number of hydrogen-bond acceptors (Lipinski definition) is 6. The fraction of sp³-hybridized carbons (Fsp3) is 0.441. The van der Waals surface area contributed by atoms with Crippen molar-refractivity contribution in [1.82, 2.24) is 10.2 Å². The van der Waals surface area contributed by atoms with Crippen LogP contribution >= 0.6 is 11.8 Å². The molecule has 0 saturated heterocycles. The summed E-state index contributed by atoms with van der Waals surface area (Å²) in [5, 5.41) is 19.0. The van der Waals surface area contributed by atoms with Gasteiger partial charge in [-0.05, 0) is 94.9 Å². The number of fused-ring (bicyclic) bond motifs is 1. The Hall–Kier alpha value is -3.72. The Bertz CT molecular complexity index is 1450. The predicted octanol–water partition coefficient (Wildman–Crippen LogP) is 7.20. The molecular weight excluding hydrogens is 562 g/mol. The summed E-state index contributed by atoms with van der Waals surface area (Å²) in [5.74, 6) is -0.388. The van der Waals surface area contributed by atoms with Crippen molar-refractivity contribution in [1.29, 1.82) is 0 Å². The van der Waals surface area contributed by atoms with Crippen LogP contribution in [0.5, 0.6) is 5.75 Å². The van der Waals surface area contributed by atoms with Gasteiger partial charge in [-0.3, -0.25) is 9.59 Å². The first kappa shape index (κ1) is 33.8. The van der Waals surface area contributed by atoms with Crippen LogP contribution in [0.25, 0.3) is 10.8 Å². The first-order chi connectivity index (χ1) is 20.2. The zero-order valence-electron chi connectivity index (χ0n) is 26.5. The molecule has 0 aliphatic carbocycles. The topological polar surface area (TPSA) is 108 Å². The summed E-state index contributed by atoms with van der Waals surface area (Å²) < 4.78 is 5.48. The lowest BCUT2D eigenvalue weighted by molar-refractivity contribution is -0.147. The molecule has 3 rings (SSSR count). The summed E-state index contributed by atoms with van der Waals surface area (Å²) in [4.78, 5) is 43.3. The Morgan fingerprint density at radius 1 is 0.977 bits per heavy atom. The highest BCUT2D eigenvalue weighted by atomic mass is 32.2. The molecule has 2 unspecified atom stereocenters. The average Bonchev–Trinajstić information content (AvgIpc) is 2.94. The molecule has 2 atom stereocenters. The van der Waals surface area contributed by atoms with Crippen LogP contribution in [-0.4, -0.2) is 57.1 Å². The normalized spacial score (nSPS) is 13.2. The third kappa shape index (κ3) is 8.66. The molecule has 0 spiro atoms. The predicted molar refractivity (Wildman–Crippen MR) is 176 cm³/mol. The summed E-state index contributed by atoms with van der Waals surface area (Å²) in [6.07, 6.45) is 2.05. The van der Waals surface area contributed by atoms with Gasteiger partial charge in [0, 0.05) is 16.8 Å². The number of rotatable bonds is 11. The number of amides is 3. The van der Waals surface area contributed by atoms with E-state index in [0.29, 0.717) is 35.4 Å². The highest BCUT2D eigenvalue weighted by Crippen LogP contribution is 2.38. The van der Waals surface area contributed by atoms with E-state index in [0.717, 1.165) is 10.8 Å². The van der Waals surface area contributed by atoms with Gasteiger partial charge < -0.3 is 25.4 Å². The summed E-state index contributed by atoms with van der Waals surface area (Å²) in [6, 6.07) is 16.5. The zero-order valence-corrected chi connectivity index (χ0v) is 27.3. The largest absolute Gasteiger partial charge is 0.507 e. The van der Waals surface area contributed by atoms with E-state index in [1.165, 1.54) is 4.90 Å². The van der Waals surface area contributed by atoms with E-state index in [1.54, 1.807) is 57.7 Å². The maximum Gasteiger partial charge on any atom is 0.408 e. The van der Waals surface area contributed by atoms with E-state index in [2.05, 4.69) is 10.6 Å². The number of ether oxygens (including phenoxy) is 1. The number of alkyl carbamates (subject to hydrolysis) is 1. The van der Waals surface area contributed by atoms with E-state index in [-0.39, 0.29) is 5.75 Å². The maximum atomic E-state index is 14.6. The van der Waals surface area contributed by atoms with Crippen LogP contribution in [0, 0.1) is 6.92 Å². The monoisotopic (exact) mass is 607 g/mol. The molecule has 0 radical (unpaired) electrons. The van der Waals surface area contributed by atoms with Gasteiger partial charge in [-0.1, -0.05) is 55.5 Å². The average molecular weight is 608 g/mol. The second-order valence-electron chi connectivity index (χ2n) is 12.3. The standard InChI is InChI=1S/C34H45N3O5S/c1-9-34(6,7)37(31(40)27(19-20-43-8)36-32(41)42-33(3,4)5)28(26-16-12-13-22(2)29(26)38)30(39)35-25-18-17-23-14-10-11-15-24(23)21-25/h10-18,21,27-28,38H,9,19-20H2,1-8H3,(H,35,39)(H,36,41). The smallest absolute Gasteiger partial charge is 0.408 e. The molecule has 3 amide bonds. The van der Waals surface area contributed by atoms with E-state index in [9.17, 15) is 19.5 Å². The number of carbonyl (C=O) groups excluding carboxylic acids is 3. The van der Waals surface area contributed by atoms with Gasteiger partial charge in [0.25, 0.3) is 5.91 Å². The molecular formula is C34H45N3O5S. The van der Waals surface area contributed by atoms with Crippen molar-refractivity contribution < 1.29 is 24.2 Å². The number of anilines is 1. The van der Waals surface area contributed by atoms with Gasteiger partial charge in [0.15, 0.2) is 0 Å². The number of phenolic OH excluding ortho intramolecular Hbond substituents is 1. The number of para-hydroxylation sites is 1. The van der Waals surface area contributed by atoms with Crippen LogP contribution in [0.3, 0.4) is 0 Å². The summed E-state index contributed by atoms with van der Waals surface area (Å²) in [7, 11) is 0. The molecule has 0 bridgehead atoms. The van der Waals surface area contributed by atoms with Crippen molar-refractivity contribution in [3.63, 3.8) is 0 Å². The molecule has 0 aliphatic rings. The van der Waals surface area contributed by atoms with Crippen molar-refractivity contribution in [2.75, 3.05) is 17.3 Å². The minimum Gasteiger partial charge on any atom is -0.507 e. The molecule has 3 aromatic rings. The maximum absolute atomic E-state index is 14.6. The molecule has 0 aromatic heterocycles. The Morgan fingerprint density at radius 3 is 2.28 bits per heavy atom. The molecule has 3 N–H and O–H groups in total. The molecule has 43 heavy (non-hydrogen) atoms. The zero-order chi connectivity index (χ0) is 31.9. The summed E-state index contributed by atoms with van der Waals surface area (Å²) >= 11 is 1.55. The van der Waals surface area contributed by atoms with Crippen LogP contribution in [0.15, 0.2) is 60.7 Å². The highest BCUT2D eigenvalue weighted by molar-refractivity contribution is 7.98. The number of aromatic hydroxyl groups is 1. The lowest BCUT2D eigenvalue weighted by atomic mass is 9.90. The van der Waals surface area contributed by atoms with E-state index >= 15 is 0 Å². The number of benzene rings is 3. The van der Waals surface area contributed by atoms with Crippen LogP contribution in [0.1, 0.15) is 71.6 Å². The Kier molecular flexibility index (Phi) is 11.1. The number of aryl methyl sites for hydroxylation is 1. The summed E-state index contributed by atoms with van der Waals surface area (Å²) in [5.41, 5.74) is -0.155. The van der Waals surface area contributed by atoms with Gasteiger partial charge >= 0.3 is 6.09 Å². The van der Waals surface area contributed by atoms with E-state index < -0.39 is 41.1 Å². The van der Waals surface area contributed by atoms with Gasteiger partial charge in [0.2, 0.25) is 5.91 Å². The van der Waals surface area contributed by atoms with Crippen molar-refractivity contribution in [2.45, 2.75) is 84.5 Å². The fourth-order valence-corrected chi connectivity index (χ4v) is 5.31. The number of nitrogens with zero attached hydrogens (tertiary/aromatic N) is 1. The number of nitrogens with one attached hydrogen (secondary N) is 2. The quantitative estimate of drug-likeness (QED) is 0.213. The van der Waals surface area contributed by atoms with Crippen LogP contribution in [0.4, 0.5) is 10.5 Å². The minimum absolute atomic E-state index is 0.0633. The molecule has 9 heteroatoms. The molecule has 0 saturated carbocycles. The Morgan fingerprint density at radius 2 is 1.65 bits per heavy atom. The molecule has 0 fully saturated rings. The van der Waals surface area contributed by atoms with Gasteiger partial charge in [-0.2, -0.15) is 11.8 Å². The summed E-state index contributed by atoms with van der Waals surface area (Å²) in [6.45, 7) is 12.7. The Balaban J connectivity index is 2.14. The molecule has 0 aliphatic heterocycles. The first-order valence-electron chi connectivity index (χ1n) is 14.6. The van der Waals surface area contributed by atoms with E-state index in [1.807, 2.05) is 69.5 Å². The van der Waals surface area contributed by atoms with Gasteiger partial charge in [0.1, 0.15) is 23.4 Å². The van der Waals surface area contributed by atoms with E-state index in [4.69, 9.17) is 4.74 Å². The lowest BCUT2D eigenvalue weighted by Crippen LogP contribution is -2.59. The van der Waals surface area contributed by atoms with Crippen molar-refractivity contribution in [3.05, 3.63) is 71.8 Å². The number of phenols is 1. The van der Waals surface area contributed by atoms with Gasteiger partial charge in [0.05, 0.1) is 0 Å². The van der Waals surface area contributed by atoms with Crippen molar-refractivity contribution in [2.24, 2.45) is 0 Å². The van der Waals surface area contributed by atoms with Crippen LogP contribution in [0.2, 0.25) is 0 Å². The highest BCUT2D eigenvalue weighted by Gasteiger charge is 2.44. The lowest BCUT2D eigenvalue weighted by Gasteiger charge is -2.44. The second-order valence-corrected chi connectivity index (χ2v) is 13.3. The van der Waals surface area contributed by atoms with Gasteiger partial charge in [-0.15, -0.1) is 0 Å². The molecule has 0 heterocycles. The number of hydrogen-bond donors (Lipinski definition) is 3. The molecule has 232 valence electrons.